The van der Waals surface area contributed by atoms with Crippen molar-refractivity contribution in [1.82, 2.24) is 5.32 Å². The van der Waals surface area contributed by atoms with E-state index in [-0.39, 0.29) is 12.5 Å². The maximum Gasteiger partial charge on any atom is 0.251 e. The number of hydrogen-bond acceptors (Lipinski definition) is 4. The Morgan fingerprint density at radius 3 is 3.10 bits per heavy atom. The van der Waals surface area contributed by atoms with Crippen molar-refractivity contribution in [1.29, 1.82) is 0 Å². The quantitative estimate of drug-likeness (QED) is 0.744. The van der Waals surface area contributed by atoms with Crippen LogP contribution in [0, 0.1) is 0 Å². The Kier molecular flexibility index (Phi) is 5.20. The number of amides is 1. The van der Waals surface area contributed by atoms with Crippen LogP contribution in [0.3, 0.4) is 0 Å². The standard InChI is InChI=1S/C16H24N2O3/c1-16(20,7-9-21-2)11-18-15(19)13-5-6-14-12(10-13)4-3-8-17-14/h5-6,10,17,20H,3-4,7-9,11H2,1-2H3,(H,18,19). The monoisotopic (exact) mass is 292 g/mol. The van der Waals surface area contributed by atoms with Gasteiger partial charge < -0.3 is 20.5 Å². The number of aliphatic hydroxyl groups is 1. The molecule has 1 unspecified atom stereocenters. The molecule has 0 aliphatic carbocycles. The summed E-state index contributed by atoms with van der Waals surface area (Å²) in [5.41, 5.74) is 1.98. The van der Waals surface area contributed by atoms with E-state index in [4.69, 9.17) is 4.74 Å². The maximum absolute atomic E-state index is 12.2. The number of carbonyl (C=O) groups is 1. The van der Waals surface area contributed by atoms with Crippen molar-refractivity contribution in [2.24, 2.45) is 0 Å². The Balaban J connectivity index is 1.94. The second kappa shape index (κ2) is 6.91. The third-order valence-electron chi connectivity index (χ3n) is 3.78. The number of benzene rings is 1. The van der Waals surface area contributed by atoms with Crippen LogP contribution < -0.4 is 10.6 Å². The summed E-state index contributed by atoms with van der Waals surface area (Å²) in [6, 6.07) is 5.70. The third-order valence-corrected chi connectivity index (χ3v) is 3.78. The van der Waals surface area contributed by atoms with E-state index in [2.05, 4.69) is 10.6 Å². The first-order chi connectivity index (χ1) is 10.0. The van der Waals surface area contributed by atoms with Crippen LogP contribution >= 0.6 is 0 Å². The van der Waals surface area contributed by atoms with Crippen molar-refractivity contribution < 1.29 is 14.6 Å². The van der Waals surface area contributed by atoms with Gasteiger partial charge in [0.1, 0.15) is 0 Å². The van der Waals surface area contributed by atoms with E-state index in [1.165, 1.54) is 5.56 Å². The first kappa shape index (κ1) is 15.8. The molecule has 5 heteroatoms. The van der Waals surface area contributed by atoms with Crippen LogP contribution in [0.25, 0.3) is 0 Å². The second-order valence-electron chi connectivity index (χ2n) is 5.82. The minimum Gasteiger partial charge on any atom is -0.388 e. The van der Waals surface area contributed by atoms with Crippen molar-refractivity contribution in [3.05, 3.63) is 29.3 Å². The average Bonchev–Trinajstić information content (AvgIpc) is 2.50. The van der Waals surface area contributed by atoms with Gasteiger partial charge in [0.15, 0.2) is 0 Å². The van der Waals surface area contributed by atoms with Crippen molar-refractivity contribution in [3.63, 3.8) is 0 Å². The van der Waals surface area contributed by atoms with Crippen LogP contribution in [0.1, 0.15) is 35.7 Å². The molecule has 3 N–H and O–H groups in total. The van der Waals surface area contributed by atoms with E-state index in [0.717, 1.165) is 25.1 Å². The summed E-state index contributed by atoms with van der Waals surface area (Å²) in [5.74, 6) is -0.152. The van der Waals surface area contributed by atoms with Gasteiger partial charge in [-0.1, -0.05) is 0 Å². The number of anilines is 1. The lowest BCUT2D eigenvalue weighted by Gasteiger charge is -2.23. The Labute approximate surface area is 125 Å². The minimum atomic E-state index is -0.957. The number of hydrogen-bond donors (Lipinski definition) is 3. The Morgan fingerprint density at radius 2 is 2.33 bits per heavy atom. The lowest BCUT2D eigenvalue weighted by Crippen LogP contribution is -2.41. The van der Waals surface area contributed by atoms with E-state index in [9.17, 15) is 9.90 Å². The van der Waals surface area contributed by atoms with Gasteiger partial charge in [0, 0.05) is 44.5 Å². The van der Waals surface area contributed by atoms with Crippen molar-refractivity contribution in [2.45, 2.75) is 31.8 Å². The molecule has 0 aromatic heterocycles. The highest BCUT2D eigenvalue weighted by Crippen LogP contribution is 2.22. The largest absolute Gasteiger partial charge is 0.388 e. The predicted molar refractivity (Wildman–Crippen MR) is 82.7 cm³/mol. The molecule has 0 bridgehead atoms. The van der Waals surface area contributed by atoms with Crippen LogP contribution in [0.4, 0.5) is 5.69 Å². The van der Waals surface area contributed by atoms with Gasteiger partial charge in [-0.25, -0.2) is 0 Å². The Bertz CT molecular complexity index is 500. The highest BCUT2D eigenvalue weighted by molar-refractivity contribution is 5.95. The first-order valence-electron chi connectivity index (χ1n) is 7.38. The molecular weight excluding hydrogens is 268 g/mol. The average molecular weight is 292 g/mol. The number of nitrogens with one attached hydrogen (secondary N) is 2. The first-order valence-corrected chi connectivity index (χ1v) is 7.38. The molecule has 2 rings (SSSR count). The molecular formula is C16H24N2O3. The van der Waals surface area contributed by atoms with Gasteiger partial charge in [0.25, 0.3) is 5.91 Å². The Morgan fingerprint density at radius 1 is 1.52 bits per heavy atom. The van der Waals surface area contributed by atoms with Gasteiger partial charge in [-0.05, 0) is 43.5 Å². The van der Waals surface area contributed by atoms with Crippen molar-refractivity contribution >= 4 is 11.6 Å². The lowest BCUT2D eigenvalue weighted by molar-refractivity contribution is 0.0243. The SMILES string of the molecule is COCCC(C)(O)CNC(=O)c1ccc2c(c1)CCCN2. The molecule has 1 amide bonds. The molecule has 116 valence electrons. The minimum absolute atomic E-state index is 0.152. The topological polar surface area (TPSA) is 70.6 Å². The number of ether oxygens (including phenoxy) is 1. The lowest BCUT2D eigenvalue weighted by atomic mass is 10.00. The number of fused-ring (bicyclic) bond motifs is 1. The Hall–Kier alpha value is -1.59. The summed E-state index contributed by atoms with van der Waals surface area (Å²) in [4.78, 5) is 12.2. The van der Waals surface area contributed by atoms with Gasteiger partial charge in [0.2, 0.25) is 0 Å². The van der Waals surface area contributed by atoms with Crippen molar-refractivity contribution in [2.75, 3.05) is 32.1 Å². The zero-order valence-electron chi connectivity index (χ0n) is 12.7. The van der Waals surface area contributed by atoms with E-state index < -0.39 is 5.60 Å². The number of rotatable bonds is 6. The molecule has 1 aromatic carbocycles. The molecule has 1 aromatic rings. The third kappa shape index (κ3) is 4.44. The van der Waals surface area contributed by atoms with E-state index in [1.807, 2.05) is 18.2 Å². The van der Waals surface area contributed by atoms with Crippen LogP contribution in [0.15, 0.2) is 18.2 Å². The molecule has 21 heavy (non-hydrogen) atoms. The molecule has 0 saturated carbocycles. The summed E-state index contributed by atoms with van der Waals surface area (Å²) in [6.07, 6.45) is 2.57. The fourth-order valence-electron chi connectivity index (χ4n) is 2.40. The molecule has 0 saturated heterocycles. The molecule has 1 aliphatic heterocycles. The van der Waals surface area contributed by atoms with Crippen LogP contribution in [-0.4, -0.2) is 43.4 Å². The van der Waals surface area contributed by atoms with Crippen LogP contribution in [-0.2, 0) is 11.2 Å². The molecule has 1 aliphatic rings. The van der Waals surface area contributed by atoms with Gasteiger partial charge in [-0.2, -0.15) is 0 Å². The summed E-state index contributed by atoms with van der Waals surface area (Å²) in [6.45, 7) is 3.36. The van der Waals surface area contributed by atoms with E-state index in [1.54, 1.807) is 14.0 Å². The fraction of sp³-hybridized carbons (Fsp3) is 0.562. The molecule has 0 spiro atoms. The van der Waals surface area contributed by atoms with Crippen LogP contribution in [0.2, 0.25) is 0 Å². The highest BCUT2D eigenvalue weighted by atomic mass is 16.5. The summed E-state index contributed by atoms with van der Waals surface area (Å²) >= 11 is 0. The van der Waals surface area contributed by atoms with Gasteiger partial charge in [-0.3, -0.25) is 4.79 Å². The normalized spacial score (nSPS) is 16.5. The summed E-state index contributed by atoms with van der Waals surface area (Å²) in [5, 5.41) is 16.2. The molecule has 0 fully saturated rings. The predicted octanol–water partition coefficient (Wildman–Crippen LogP) is 1.56. The van der Waals surface area contributed by atoms with E-state index >= 15 is 0 Å². The van der Waals surface area contributed by atoms with Crippen LogP contribution in [0.5, 0.6) is 0 Å². The molecule has 5 nitrogen and oxygen atoms in total. The van der Waals surface area contributed by atoms with Crippen molar-refractivity contribution in [3.8, 4) is 0 Å². The molecule has 1 atom stereocenters. The number of aryl methyl sites for hydroxylation is 1. The zero-order valence-corrected chi connectivity index (χ0v) is 12.7. The molecule has 1 heterocycles. The van der Waals surface area contributed by atoms with Gasteiger partial charge >= 0.3 is 0 Å². The van der Waals surface area contributed by atoms with Gasteiger partial charge in [-0.15, -0.1) is 0 Å². The highest BCUT2D eigenvalue weighted by Gasteiger charge is 2.21. The maximum atomic E-state index is 12.2. The summed E-state index contributed by atoms with van der Waals surface area (Å²) in [7, 11) is 1.59. The fourth-order valence-corrected chi connectivity index (χ4v) is 2.40. The second-order valence-corrected chi connectivity index (χ2v) is 5.82. The smallest absolute Gasteiger partial charge is 0.251 e. The van der Waals surface area contributed by atoms with Gasteiger partial charge in [0.05, 0.1) is 5.60 Å². The summed E-state index contributed by atoms with van der Waals surface area (Å²) < 4.78 is 4.95. The number of carbonyl (C=O) groups excluding carboxylic acids is 1. The number of methoxy groups -OCH3 is 1. The molecule has 0 radical (unpaired) electrons. The zero-order chi connectivity index (χ0) is 15.3. The van der Waals surface area contributed by atoms with E-state index in [0.29, 0.717) is 18.6 Å².